The van der Waals surface area contributed by atoms with Crippen LogP contribution in [0.4, 0.5) is 0 Å². The standard InChI is InChI=1S/C21H20ClNO4/c1-13-6-7-18-16(11-26-19(18)8-13)10-21(25)27-12-20(24)23-14(2)15-4-3-5-17(22)9-15/h3-9,11,14H,10,12H2,1-2H3,(H,23,24)/t14-/m1/s1. The normalized spacial score (nSPS) is 12.0. The fourth-order valence-electron chi connectivity index (χ4n) is 2.82. The summed E-state index contributed by atoms with van der Waals surface area (Å²) in [6.07, 6.45) is 1.60. The van der Waals surface area contributed by atoms with E-state index in [1.165, 1.54) is 0 Å². The summed E-state index contributed by atoms with van der Waals surface area (Å²) in [4.78, 5) is 24.1. The molecule has 140 valence electrons. The molecule has 1 amide bonds. The molecule has 6 heteroatoms. The van der Waals surface area contributed by atoms with Gasteiger partial charge in [0.05, 0.1) is 18.7 Å². The first-order chi connectivity index (χ1) is 12.9. The molecule has 1 heterocycles. The Morgan fingerprint density at radius 2 is 2.04 bits per heavy atom. The number of aryl methyl sites for hydroxylation is 1. The molecule has 0 radical (unpaired) electrons. The summed E-state index contributed by atoms with van der Waals surface area (Å²) >= 11 is 5.96. The Morgan fingerprint density at radius 1 is 1.22 bits per heavy atom. The Bertz CT molecular complexity index is 979. The number of carbonyl (C=O) groups excluding carboxylic acids is 2. The SMILES string of the molecule is Cc1ccc2c(CC(=O)OCC(=O)N[C@H](C)c3cccc(Cl)c3)coc2c1. The number of hydrogen-bond donors (Lipinski definition) is 1. The number of nitrogens with one attached hydrogen (secondary N) is 1. The van der Waals surface area contributed by atoms with Crippen LogP contribution >= 0.6 is 11.6 Å². The van der Waals surface area contributed by atoms with Crippen molar-refractivity contribution in [3.05, 3.63) is 70.4 Å². The summed E-state index contributed by atoms with van der Waals surface area (Å²) in [5.41, 5.74) is 3.42. The van der Waals surface area contributed by atoms with E-state index >= 15 is 0 Å². The Hall–Kier alpha value is -2.79. The van der Waals surface area contributed by atoms with Crippen LogP contribution in [0.25, 0.3) is 11.0 Å². The third kappa shape index (κ3) is 4.89. The molecule has 0 saturated heterocycles. The fraction of sp³-hybridized carbons (Fsp3) is 0.238. The molecule has 0 bridgehead atoms. The van der Waals surface area contributed by atoms with Crippen molar-refractivity contribution in [3.8, 4) is 0 Å². The van der Waals surface area contributed by atoms with E-state index in [1.54, 1.807) is 18.4 Å². The van der Waals surface area contributed by atoms with Crippen LogP contribution in [-0.2, 0) is 20.7 Å². The molecule has 1 N–H and O–H groups in total. The maximum atomic E-state index is 12.1. The van der Waals surface area contributed by atoms with Crippen molar-refractivity contribution in [2.45, 2.75) is 26.3 Å². The first kappa shape index (κ1) is 19.0. The van der Waals surface area contributed by atoms with Crippen molar-refractivity contribution in [1.82, 2.24) is 5.32 Å². The second-order valence-corrected chi connectivity index (χ2v) is 6.88. The highest BCUT2D eigenvalue weighted by Crippen LogP contribution is 2.23. The predicted octanol–water partition coefficient (Wildman–Crippen LogP) is 4.36. The second kappa shape index (κ2) is 8.27. The van der Waals surface area contributed by atoms with Gasteiger partial charge in [0.1, 0.15) is 5.58 Å². The van der Waals surface area contributed by atoms with Gasteiger partial charge < -0.3 is 14.5 Å². The summed E-state index contributed by atoms with van der Waals surface area (Å²) in [7, 11) is 0. The van der Waals surface area contributed by atoms with E-state index in [2.05, 4.69) is 5.32 Å². The third-order valence-corrected chi connectivity index (χ3v) is 4.47. The molecule has 27 heavy (non-hydrogen) atoms. The van der Waals surface area contributed by atoms with Gasteiger partial charge in [-0.05, 0) is 43.2 Å². The molecule has 0 spiro atoms. The van der Waals surface area contributed by atoms with Crippen LogP contribution in [0.2, 0.25) is 5.02 Å². The van der Waals surface area contributed by atoms with Gasteiger partial charge >= 0.3 is 5.97 Å². The van der Waals surface area contributed by atoms with E-state index in [0.717, 1.165) is 27.7 Å². The molecule has 0 saturated carbocycles. The van der Waals surface area contributed by atoms with Gasteiger partial charge in [0, 0.05) is 16.0 Å². The van der Waals surface area contributed by atoms with E-state index in [9.17, 15) is 9.59 Å². The van der Waals surface area contributed by atoms with Crippen LogP contribution in [-0.4, -0.2) is 18.5 Å². The average molecular weight is 386 g/mol. The van der Waals surface area contributed by atoms with Gasteiger partial charge in [0.25, 0.3) is 5.91 Å². The molecule has 0 fully saturated rings. The largest absolute Gasteiger partial charge is 0.464 e. The van der Waals surface area contributed by atoms with E-state index in [4.69, 9.17) is 20.8 Å². The molecule has 3 rings (SSSR count). The minimum atomic E-state index is -0.483. The zero-order chi connectivity index (χ0) is 19.4. The molecule has 3 aromatic rings. The molecule has 0 aliphatic carbocycles. The number of hydrogen-bond acceptors (Lipinski definition) is 4. The van der Waals surface area contributed by atoms with Crippen molar-refractivity contribution in [2.75, 3.05) is 6.61 Å². The van der Waals surface area contributed by atoms with Crippen LogP contribution in [0.15, 0.2) is 53.1 Å². The number of furan rings is 1. The number of amides is 1. The minimum Gasteiger partial charge on any atom is -0.464 e. The number of rotatable bonds is 6. The topological polar surface area (TPSA) is 68.5 Å². The zero-order valence-corrected chi connectivity index (χ0v) is 15.9. The van der Waals surface area contributed by atoms with Crippen LogP contribution in [0.3, 0.4) is 0 Å². The van der Waals surface area contributed by atoms with Gasteiger partial charge in [-0.3, -0.25) is 9.59 Å². The minimum absolute atomic E-state index is 0.0488. The van der Waals surface area contributed by atoms with Crippen molar-refractivity contribution in [2.24, 2.45) is 0 Å². The molecule has 1 atom stereocenters. The number of esters is 1. The van der Waals surface area contributed by atoms with Crippen LogP contribution in [0.5, 0.6) is 0 Å². The Morgan fingerprint density at radius 3 is 2.81 bits per heavy atom. The summed E-state index contributed by atoms with van der Waals surface area (Å²) in [5.74, 6) is -0.854. The number of halogens is 1. The van der Waals surface area contributed by atoms with E-state index in [-0.39, 0.29) is 25.0 Å². The Labute approximate surface area is 162 Å². The van der Waals surface area contributed by atoms with Crippen LogP contribution in [0.1, 0.15) is 29.7 Å². The van der Waals surface area contributed by atoms with Gasteiger partial charge in [-0.2, -0.15) is 0 Å². The van der Waals surface area contributed by atoms with Gasteiger partial charge in [0.15, 0.2) is 6.61 Å². The van der Waals surface area contributed by atoms with Crippen LogP contribution in [0, 0.1) is 6.92 Å². The lowest BCUT2D eigenvalue weighted by molar-refractivity contribution is -0.148. The fourth-order valence-corrected chi connectivity index (χ4v) is 3.02. The molecule has 0 aliphatic heterocycles. The van der Waals surface area contributed by atoms with E-state index in [1.807, 2.05) is 44.2 Å². The van der Waals surface area contributed by atoms with Gasteiger partial charge in [0.2, 0.25) is 0 Å². The van der Waals surface area contributed by atoms with Gasteiger partial charge in [-0.1, -0.05) is 35.9 Å². The number of ether oxygens (including phenoxy) is 1. The summed E-state index contributed by atoms with van der Waals surface area (Å²) < 4.78 is 10.6. The molecule has 0 aliphatic rings. The van der Waals surface area contributed by atoms with Gasteiger partial charge in [-0.15, -0.1) is 0 Å². The maximum absolute atomic E-state index is 12.1. The second-order valence-electron chi connectivity index (χ2n) is 6.44. The van der Waals surface area contributed by atoms with Crippen molar-refractivity contribution in [1.29, 1.82) is 0 Å². The Kier molecular flexibility index (Phi) is 5.81. The quantitative estimate of drug-likeness (QED) is 0.640. The molecular weight excluding hydrogens is 366 g/mol. The van der Waals surface area contributed by atoms with Crippen molar-refractivity contribution in [3.63, 3.8) is 0 Å². The summed E-state index contributed by atoms with van der Waals surface area (Å²) in [6.45, 7) is 3.47. The number of carbonyl (C=O) groups is 2. The predicted molar refractivity (Wildman–Crippen MR) is 104 cm³/mol. The highest BCUT2D eigenvalue weighted by molar-refractivity contribution is 6.30. The molecule has 5 nitrogen and oxygen atoms in total. The average Bonchev–Trinajstić information content (AvgIpc) is 3.01. The molecule has 2 aromatic carbocycles. The maximum Gasteiger partial charge on any atom is 0.310 e. The lowest BCUT2D eigenvalue weighted by Gasteiger charge is -2.14. The molecular formula is C21H20ClNO4. The summed E-state index contributed by atoms with van der Waals surface area (Å²) in [5, 5.41) is 4.25. The smallest absolute Gasteiger partial charge is 0.310 e. The number of benzene rings is 2. The van der Waals surface area contributed by atoms with Crippen molar-refractivity contribution < 1.29 is 18.7 Å². The van der Waals surface area contributed by atoms with E-state index in [0.29, 0.717) is 5.02 Å². The lowest BCUT2D eigenvalue weighted by atomic mass is 10.1. The Balaban J connectivity index is 1.51. The van der Waals surface area contributed by atoms with Crippen molar-refractivity contribution >= 4 is 34.4 Å². The zero-order valence-electron chi connectivity index (χ0n) is 15.1. The highest BCUT2D eigenvalue weighted by Gasteiger charge is 2.15. The van der Waals surface area contributed by atoms with Crippen LogP contribution < -0.4 is 5.32 Å². The first-order valence-corrected chi connectivity index (χ1v) is 8.97. The summed E-state index contributed by atoms with van der Waals surface area (Å²) in [6, 6.07) is 12.8. The lowest BCUT2D eigenvalue weighted by Crippen LogP contribution is -2.31. The monoisotopic (exact) mass is 385 g/mol. The highest BCUT2D eigenvalue weighted by atomic mass is 35.5. The van der Waals surface area contributed by atoms with E-state index < -0.39 is 5.97 Å². The number of fused-ring (bicyclic) bond motifs is 1. The first-order valence-electron chi connectivity index (χ1n) is 8.59. The van der Waals surface area contributed by atoms with Gasteiger partial charge in [-0.25, -0.2) is 0 Å². The third-order valence-electron chi connectivity index (χ3n) is 4.24. The molecule has 0 unspecified atom stereocenters. The molecule has 1 aromatic heterocycles.